The lowest BCUT2D eigenvalue weighted by atomic mass is 10.2. The van der Waals surface area contributed by atoms with Crippen molar-refractivity contribution < 1.29 is 4.92 Å². The molecule has 88 valence electrons. The average molecular weight is 242 g/mol. The van der Waals surface area contributed by atoms with E-state index >= 15 is 0 Å². The standard InChI is InChI=1S/C9H14N4O2S/c1-2-12(7-3-4-10-5-7)9-11-6-8(16-9)13(14)15/h6-7,10H,2-5H2,1H3. The molecule has 7 heteroatoms. The molecule has 0 saturated carbocycles. The third-order valence-corrected chi connectivity index (χ3v) is 3.71. The van der Waals surface area contributed by atoms with Gasteiger partial charge in [-0.05, 0) is 31.2 Å². The van der Waals surface area contributed by atoms with E-state index in [1.807, 2.05) is 6.92 Å². The van der Waals surface area contributed by atoms with Crippen LogP contribution >= 0.6 is 11.3 Å². The highest BCUT2D eigenvalue weighted by molar-refractivity contribution is 7.18. The van der Waals surface area contributed by atoms with Crippen molar-refractivity contribution in [1.29, 1.82) is 0 Å². The van der Waals surface area contributed by atoms with E-state index < -0.39 is 0 Å². The number of thiazole rings is 1. The SMILES string of the molecule is CCN(c1ncc([N+](=O)[O-])s1)C1CCNC1. The molecule has 1 unspecified atom stereocenters. The molecule has 6 nitrogen and oxygen atoms in total. The second kappa shape index (κ2) is 4.75. The van der Waals surface area contributed by atoms with Crippen LogP contribution in [0.2, 0.25) is 0 Å². The Morgan fingerprint density at radius 1 is 1.81 bits per heavy atom. The maximum absolute atomic E-state index is 10.6. The van der Waals surface area contributed by atoms with Gasteiger partial charge >= 0.3 is 5.00 Å². The van der Waals surface area contributed by atoms with Crippen LogP contribution in [0.25, 0.3) is 0 Å². The zero-order valence-corrected chi connectivity index (χ0v) is 9.87. The Morgan fingerprint density at radius 3 is 3.12 bits per heavy atom. The number of rotatable bonds is 4. The predicted octanol–water partition coefficient (Wildman–Crippen LogP) is 1.24. The van der Waals surface area contributed by atoms with Crippen LogP contribution in [0.4, 0.5) is 10.1 Å². The van der Waals surface area contributed by atoms with E-state index in [4.69, 9.17) is 0 Å². The molecular formula is C9H14N4O2S. The van der Waals surface area contributed by atoms with Crippen LogP contribution in [0.1, 0.15) is 13.3 Å². The molecule has 1 aromatic heterocycles. The smallest absolute Gasteiger partial charge is 0.344 e. The summed E-state index contributed by atoms with van der Waals surface area (Å²) in [5, 5.41) is 14.7. The quantitative estimate of drug-likeness (QED) is 0.635. The summed E-state index contributed by atoms with van der Waals surface area (Å²) in [5.74, 6) is 0. The molecule has 1 N–H and O–H groups in total. The third-order valence-electron chi connectivity index (χ3n) is 2.72. The number of nitrogens with zero attached hydrogens (tertiary/aromatic N) is 3. The van der Waals surface area contributed by atoms with Gasteiger partial charge in [0.05, 0.1) is 4.92 Å². The summed E-state index contributed by atoms with van der Waals surface area (Å²) in [7, 11) is 0. The summed E-state index contributed by atoms with van der Waals surface area (Å²) in [6.07, 6.45) is 2.41. The van der Waals surface area contributed by atoms with Crippen molar-refractivity contribution in [3.8, 4) is 0 Å². The van der Waals surface area contributed by atoms with Gasteiger partial charge in [0.15, 0.2) is 5.13 Å². The molecule has 0 bridgehead atoms. The first kappa shape index (κ1) is 11.3. The Bertz CT molecular complexity index is 375. The van der Waals surface area contributed by atoms with Crippen molar-refractivity contribution in [2.24, 2.45) is 0 Å². The largest absolute Gasteiger partial charge is 0.345 e. The van der Waals surface area contributed by atoms with Crippen molar-refractivity contribution in [2.75, 3.05) is 24.5 Å². The molecule has 1 aliphatic rings. The molecule has 1 fully saturated rings. The van der Waals surface area contributed by atoms with Gasteiger partial charge in [0, 0.05) is 19.1 Å². The van der Waals surface area contributed by atoms with E-state index in [0.29, 0.717) is 6.04 Å². The van der Waals surface area contributed by atoms with Crippen LogP contribution in [-0.4, -0.2) is 35.6 Å². The summed E-state index contributed by atoms with van der Waals surface area (Å²) < 4.78 is 0. The van der Waals surface area contributed by atoms with Crippen LogP contribution in [0.5, 0.6) is 0 Å². The summed E-state index contributed by atoms with van der Waals surface area (Å²) in [4.78, 5) is 16.5. The fourth-order valence-electron chi connectivity index (χ4n) is 1.93. The van der Waals surface area contributed by atoms with Crippen molar-refractivity contribution in [2.45, 2.75) is 19.4 Å². The number of nitrogens with one attached hydrogen (secondary N) is 1. The Labute approximate surface area is 97.4 Å². The molecule has 0 spiro atoms. The molecule has 1 aromatic rings. The van der Waals surface area contributed by atoms with Gasteiger partial charge in [0.2, 0.25) is 0 Å². The first-order valence-corrected chi connectivity index (χ1v) is 6.11. The molecule has 1 atom stereocenters. The Kier molecular flexibility index (Phi) is 3.35. The number of nitro groups is 1. The predicted molar refractivity (Wildman–Crippen MR) is 63.1 cm³/mol. The highest BCUT2D eigenvalue weighted by Gasteiger charge is 2.25. The van der Waals surface area contributed by atoms with E-state index in [-0.39, 0.29) is 9.92 Å². The van der Waals surface area contributed by atoms with Gasteiger partial charge in [-0.3, -0.25) is 10.1 Å². The lowest BCUT2D eigenvalue weighted by Crippen LogP contribution is -2.36. The molecule has 2 rings (SSSR count). The van der Waals surface area contributed by atoms with E-state index in [1.165, 1.54) is 6.20 Å². The summed E-state index contributed by atoms with van der Waals surface area (Å²) in [6.45, 7) is 4.82. The normalized spacial score (nSPS) is 19.9. The van der Waals surface area contributed by atoms with Crippen LogP contribution in [0, 0.1) is 10.1 Å². The molecule has 2 heterocycles. The Balaban J connectivity index is 2.15. The van der Waals surface area contributed by atoms with Gasteiger partial charge in [-0.1, -0.05) is 0 Å². The van der Waals surface area contributed by atoms with Gasteiger partial charge in [-0.25, -0.2) is 4.98 Å². The van der Waals surface area contributed by atoms with Crippen molar-refractivity contribution in [3.05, 3.63) is 16.3 Å². The van der Waals surface area contributed by atoms with E-state index in [2.05, 4.69) is 15.2 Å². The van der Waals surface area contributed by atoms with Crippen molar-refractivity contribution in [1.82, 2.24) is 10.3 Å². The van der Waals surface area contributed by atoms with Crippen LogP contribution in [0.15, 0.2) is 6.20 Å². The minimum atomic E-state index is -0.387. The molecular weight excluding hydrogens is 228 g/mol. The average Bonchev–Trinajstić information content (AvgIpc) is 2.88. The molecule has 0 amide bonds. The number of anilines is 1. The van der Waals surface area contributed by atoms with E-state index in [0.717, 1.165) is 42.5 Å². The topological polar surface area (TPSA) is 71.3 Å². The van der Waals surface area contributed by atoms with E-state index in [9.17, 15) is 10.1 Å². The number of aromatic nitrogens is 1. The second-order valence-electron chi connectivity index (χ2n) is 3.67. The Hall–Kier alpha value is -1.21. The van der Waals surface area contributed by atoms with Crippen LogP contribution in [-0.2, 0) is 0 Å². The zero-order valence-electron chi connectivity index (χ0n) is 9.05. The number of hydrogen-bond donors (Lipinski definition) is 1. The fraction of sp³-hybridized carbons (Fsp3) is 0.667. The maximum atomic E-state index is 10.6. The molecule has 16 heavy (non-hydrogen) atoms. The highest BCUT2D eigenvalue weighted by atomic mass is 32.1. The number of hydrogen-bond acceptors (Lipinski definition) is 6. The third kappa shape index (κ3) is 2.14. The van der Waals surface area contributed by atoms with Gasteiger partial charge in [-0.15, -0.1) is 0 Å². The minimum absolute atomic E-state index is 0.111. The first-order valence-electron chi connectivity index (χ1n) is 5.30. The summed E-state index contributed by atoms with van der Waals surface area (Å²) >= 11 is 1.15. The van der Waals surface area contributed by atoms with E-state index in [1.54, 1.807) is 0 Å². The first-order chi connectivity index (χ1) is 7.72. The molecule has 0 radical (unpaired) electrons. The summed E-state index contributed by atoms with van der Waals surface area (Å²) in [6, 6.07) is 0.413. The van der Waals surface area contributed by atoms with Crippen LogP contribution < -0.4 is 10.2 Å². The van der Waals surface area contributed by atoms with Crippen molar-refractivity contribution >= 4 is 21.5 Å². The second-order valence-corrected chi connectivity index (χ2v) is 4.66. The van der Waals surface area contributed by atoms with Gasteiger partial charge < -0.3 is 10.2 Å². The Morgan fingerprint density at radius 2 is 2.62 bits per heavy atom. The number of likely N-dealkylation sites (N-methyl/N-ethyl adjacent to an activating group) is 1. The lowest BCUT2D eigenvalue weighted by molar-refractivity contribution is -0.380. The maximum Gasteiger partial charge on any atom is 0.345 e. The monoisotopic (exact) mass is 242 g/mol. The molecule has 0 aromatic carbocycles. The molecule has 1 aliphatic heterocycles. The zero-order chi connectivity index (χ0) is 11.5. The minimum Gasteiger partial charge on any atom is -0.344 e. The highest BCUT2D eigenvalue weighted by Crippen LogP contribution is 2.30. The van der Waals surface area contributed by atoms with Crippen molar-refractivity contribution in [3.63, 3.8) is 0 Å². The molecule has 1 saturated heterocycles. The van der Waals surface area contributed by atoms with Gasteiger partial charge in [0.25, 0.3) is 0 Å². The lowest BCUT2D eigenvalue weighted by Gasteiger charge is -2.25. The fourth-order valence-corrected chi connectivity index (χ4v) is 2.80. The van der Waals surface area contributed by atoms with Gasteiger partial charge in [0.1, 0.15) is 6.20 Å². The van der Waals surface area contributed by atoms with Crippen LogP contribution in [0.3, 0.4) is 0 Å². The summed E-state index contributed by atoms with van der Waals surface area (Å²) in [5.41, 5.74) is 0. The van der Waals surface area contributed by atoms with Gasteiger partial charge in [-0.2, -0.15) is 0 Å². The molecule has 0 aliphatic carbocycles.